The molecule has 24 heavy (non-hydrogen) atoms. The first-order chi connectivity index (χ1) is 11.7. The fourth-order valence-electron chi connectivity index (χ4n) is 2.92. The standard InChI is InChI=1S/C17H18N4O3/c22-16(19-12-8-18-21(9-12)13-4-3-5-13)10-20-14-6-1-2-7-15(14)24-11-17(20)23/h1-2,6-9,13H,3-5,10-11H2,(H,19,22). The average molecular weight is 326 g/mol. The van der Waals surface area contributed by atoms with Crippen molar-refractivity contribution in [2.45, 2.75) is 25.3 Å². The van der Waals surface area contributed by atoms with Crippen LogP contribution in [0.25, 0.3) is 0 Å². The van der Waals surface area contributed by atoms with Gasteiger partial charge in [0.25, 0.3) is 5.91 Å². The van der Waals surface area contributed by atoms with Crippen molar-refractivity contribution in [2.75, 3.05) is 23.4 Å². The van der Waals surface area contributed by atoms with Crippen LogP contribution in [0, 0.1) is 0 Å². The van der Waals surface area contributed by atoms with Crippen LogP contribution < -0.4 is 15.0 Å². The Morgan fingerprint density at radius 3 is 2.96 bits per heavy atom. The van der Waals surface area contributed by atoms with E-state index in [9.17, 15) is 9.59 Å². The van der Waals surface area contributed by atoms with E-state index in [1.54, 1.807) is 18.3 Å². The van der Waals surface area contributed by atoms with Crippen LogP contribution in [-0.4, -0.2) is 34.7 Å². The predicted molar refractivity (Wildman–Crippen MR) is 88.0 cm³/mol. The number of nitrogens with zero attached hydrogens (tertiary/aromatic N) is 3. The number of amides is 2. The molecule has 2 aromatic rings. The van der Waals surface area contributed by atoms with Crippen molar-refractivity contribution in [3.63, 3.8) is 0 Å². The highest BCUT2D eigenvalue weighted by atomic mass is 16.5. The Morgan fingerprint density at radius 2 is 2.17 bits per heavy atom. The van der Waals surface area contributed by atoms with Crippen molar-refractivity contribution in [1.82, 2.24) is 9.78 Å². The molecule has 1 saturated carbocycles. The van der Waals surface area contributed by atoms with Gasteiger partial charge < -0.3 is 10.1 Å². The van der Waals surface area contributed by atoms with Crippen LogP contribution in [0.5, 0.6) is 5.75 Å². The molecular weight excluding hydrogens is 308 g/mol. The first-order valence-electron chi connectivity index (χ1n) is 8.07. The Balaban J connectivity index is 1.44. The van der Waals surface area contributed by atoms with Gasteiger partial charge in [-0.2, -0.15) is 5.10 Å². The maximum atomic E-state index is 12.3. The van der Waals surface area contributed by atoms with Gasteiger partial charge in [-0.1, -0.05) is 12.1 Å². The molecule has 1 aliphatic heterocycles. The number of para-hydroxylation sites is 2. The van der Waals surface area contributed by atoms with E-state index in [0.29, 0.717) is 23.2 Å². The summed E-state index contributed by atoms with van der Waals surface area (Å²) in [5.74, 6) is 0.130. The molecule has 0 radical (unpaired) electrons. The maximum absolute atomic E-state index is 12.3. The molecule has 4 rings (SSSR count). The van der Waals surface area contributed by atoms with Crippen LogP contribution in [0.2, 0.25) is 0 Å². The third-order valence-electron chi connectivity index (χ3n) is 4.44. The number of anilines is 2. The van der Waals surface area contributed by atoms with Gasteiger partial charge in [-0.3, -0.25) is 19.2 Å². The van der Waals surface area contributed by atoms with Gasteiger partial charge >= 0.3 is 0 Å². The predicted octanol–water partition coefficient (Wildman–Crippen LogP) is 1.97. The van der Waals surface area contributed by atoms with Crippen molar-refractivity contribution in [2.24, 2.45) is 0 Å². The van der Waals surface area contributed by atoms with Crippen molar-refractivity contribution in [3.8, 4) is 5.75 Å². The maximum Gasteiger partial charge on any atom is 0.265 e. The van der Waals surface area contributed by atoms with Gasteiger partial charge in [-0.05, 0) is 31.4 Å². The number of carbonyl (C=O) groups is 2. The average Bonchev–Trinajstić information content (AvgIpc) is 2.96. The molecule has 0 unspecified atom stereocenters. The minimum atomic E-state index is -0.256. The Hall–Kier alpha value is -2.83. The molecule has 2 heterocycles. The third-order valence-corrected chi connectivity index (χ3v) is 4.44. The molecule has 2 aliphatic rings. The lowest BCUT2D eigenvalue weighted by Gasteiger charge is -2.28. The first-order valence-corrected chi connectivity index (χ1v) is 8.07. The van der Waals surface area contributed by atoms with Gasteiger partial charge in [0, 0.05) is 6.20 Å². The largest absolute Gasteiger partial charge is 0.482 e. The van der Waals surface area contributed by atoms with Crippen molar-refractivity contribution in [3.05, 3.63) is 36.7 Å². The van der Waals surface area contributed by atoms with Crippen LogP contribution in [0.15, 0.2) is 36.7 Å². The Morgan fingerprint density at radius 1 is 1.33 bits per heavy atom. The molecule has 1 aromatic carbocycles. The van der Waals surface area contributed by atoms with Gasteiger partial charge in [0.1, 0.15) is 12.3 Å². The lowest BCUT2D eigenvalue weighted by atomic mass is 9.93. The highest BCUT2D eigenvalue weighted by Gasteiger charge is 2.27. The van der Waals surface area contributed by atoms with Gasteiger partial charge in [0.15, 0.2) is 6.61 Å². The lowest BCUT2D eigenvalue weighted by molar-refractivity contribution is -0.123. The zero-order chi connectivity index (χ0) is 16.5. The molecule has 0 saturated heterocycles. The van der Waals surface area contributed by atoms with E-state index in [1.807, 2.05) is 23.0 Å². The second-order valence-electron chi connectivity index (χ2n) is 6.08. The summed E-state index contributed by atoms with van der Waals surface area (Å²) in [5.41, 5.74) is 1.27. The van der Waals surface area contributed by atoms with E-state index in [4.69, 9.17) is 4.74 Å². The number of ether oxygens (including phenoxy) is 1. The van der Waals surface area contributed by atoms with E-state index in [0.717, 1.165) is 12.8 Å². The van der Waals surface area contributed by atoms with Crippen LogP contribution in [-0.2, 0) is 9.59 Å². The zero-order valence-electron chi connectivity index (χ0n) is 13.1. The first kappa shape index (κ1) is 14.7. The number of nitrogens with one attached hydrogen (secondary N) is 1. The Kier molecular flexibility index (Phi) is 3.68. The number of fused-ring (bicyclic) bond motifs is 1. The summed E-state index contributed by atoms with van der Waals surface area (Å²) < 4.78 is 7.28. The summed E-state index contributed by atoms with van der Waals surface area (Å²) in [5, 5.41) is 7.10. The normalized spacial score (nSPS) is 17.0. The highest BCUT2D eigenvalue weighted by Crippen LogP contribution is 2.32. The molecule has 1 aliphatic carbocycles. The van der Waals surface area contributed by atoms with E-state index < -0.39 is 0 Å². The Labute approximate surface area is 139 Å². The van der Waals surface area contributed by atoms with E-state index >= 15 is 0 Å². The zero-order valence-corrected chi connectivity index (χ0v) is 13.1. The molecule has 1 fully saturated rings. The van der Waals surface area contributed by atoms with Crippen molar-refractivity contribution < 1.29 is 14.3 Å². The molecule has 124 valence electrons. The molecule has 1 aromatic heterocycles. The smallest absolute Gasteiger partial charge is 0.265 e. The molecule has 0 spiro atoms. The number of benzene rings is 1. The molecule has 2 amide bonds. The van der Waals surface area contributed by atoms with Gasteiger partial charge in [-0.15, -0.1) is 0 Å². The summed E-state index contributed by atoms with van der Waals surface area (Å²) in [4.78, 5) is 25.9. The molecule has 7 heteroatoms. The molecule has 0 atom stereocenters. The second kappa shape index (κ2) is 5.99. The van der Waals surface area contributed by atoms with Gasteiger partial charge in [-0.25, -0.2) is 0 Å². The minimum Gasteiger partial charge on any atom is -0.482 e. The van der Waals surface area contributed by atoms with Crippen LogP contribution in [0.1, 0.15) is 25.3 Å². The third kappa shape index (κ3) is 2.73. The molecule has 1 N–H and O–H groups in total. The van der Waals surface area contributed by atoms with Crippen molar-refractivity contribution in [1.29, 1.82) is 0 Å². The number of rotatable bonds is 4. The number of carbonyl (C=O) groups excluding carboxylic acids is 2. The summed E-state index contributed by atoms with van der Waals surface area (Å²) >= 11 is 0. The molecule has 7 nitrogen and oxygen atoms in total. The van der Waals surface area contributed by atoms with Gasteiger partial charge in [0.2, 0.25) is 5.91 Å². The summed E-state index contributed by atoms with van der Waals surface area (Å²) in [7, 11) is 0. The van der Waals surface area contributed by atoms with Crippen LogP contribution >= 0.6 is 0 Å². The molecular formula is C17H18N4O3. The van der Waals surface area contributed by atoms with Crippen LogP contribution in [0.3, 0.4) is 0 Å². The number of aromatic nitrogens is 2. The fraction of sp³-hybridized carbons (Fsp3) is 0.353. The fourth-order valence-corrected chi connectivity index (χ4v) is 2.92. The quantitative estimate of drug-likeness (QED) is 0.932. The lowest BCUT2D eigenvalue weighted by Crippen LogP contribution is -2.43. The molecule has 0 bridgehead atoms. The summed E-state index contributed by atoms with van der Waals surface area (Å²) in [6.45, 7) is -0.0995. The second-order valence-corrected chi connectivity index (χ2v) is 6.08. The minimum absolute atomic E-state index is 0.0478. The van der Waals surface area contributed by atoms with E-state index in [2.05, 4.69) is 10.4 Å². The summed E-state index contributed by atoms with van der Waals surface area (Å²) in [6.07, 6.45) is 6.98. The monoisotopic (exact) mass is 326 g/mol. The van der Waals surface area contributed by atoms with Crippen molar-refractivity contribution >= 4 is 23.2 Å². The topological polar surface area (TPSA) is 76.5 Å². The van der Waals surface area contributed by atoms with E-state index in [-0.39, 0.29) is 25.0 Å². The highest BCUT2D eigenvalue weighted by molar-refractivity contribution is 6.04. The van der Waals surface area contributed by atoms with E-state index in [1.165, 1.54) is 11.3 Å². The number of hydrogen-bond acceptors (Lipinski definition) is 4. The summed E-state index contributed by atoms with van der Waals surface area (Å²) in [6, 6.07) is 7.66. The number of hydrogen-bond donors (Lipinski definition) is 1. The SMILES string of the molecule is O=C(CN1C(=O)COc2ccccc21)Nc1cnn(C2CCC2)c1. The van der Waals surface area contributed by atoms with Gasteiger partial charge in [0.05, 0.1) is 23.6 Å². The van der Waals surface area contributed by atoms with Crippen LogP contribution in [0.4, 0.5) is 11.4 Å². The Bertz CT molecular complexity index is 782.